The van der Waals surface area contributed by atoms with Crippen LogP contribution in [0.2, 0.25) is 5.02 Å². The summed E-state index contributed by atoms with van der Waals surface area (Å²) in [5.74, 6) is -0.587. The molecule has 0 fully saturated rings. The molecular formula is C13H12ClFN2O2S. The lowest BCUT2D eigenvalue weighted by atomic mass is 10.2. The van der Waals surface area contributed by atoms with Crippen LogP contribution in [0.5, 0.6) is 0 Å². The number of nitrogen functional groups attached to an aromatic ring is 1. The number of hydrogen-bond acceptors (Lipinski definition) is 3. The molecule has 20 heavy (non-hydrogen) atoms. The second-order valence-electron chi connectivity index (χ2n) is 4.31. The highest BCUT2D eigenvalue weighted by Gasteiger charge is 2.17. The average molecular weight is 315 g/mol. The summed E-state index contributed by atoms with van der Waals surface area (Å²) in [6.07, 6.45) is 0. The van der Waals surface area contributed by atoms with E-state index in [1.807, 2.05) is 0 Å². The number of nitrogens with one attached hydrogen (secondary N) is 1. The fourth-order valence-electron chi connectivity index (χ4n) is 1.71. The van der Waals surface area contributed by atoms with Crippen LogP contribution in [0.4, 0.5) is 15.8 Å². The highest BCUT2D eigenvalue weighted by atomic mass is 35.5. The van der Waals surface area contributed by atoms with E-state index in [0.717, 1.165) is 12.1 Å². The number of halogens is 2. The number of sulfonamides is 1. The summed E-state index contributed by atoms with van der Waals surface area (Å²) in [4.78, 5) is -0.00433. The van der Waals surface area contributed by atoms with Gasteiger partial charge in [0, 0.05) is 5.69 Å². The van der Waals surface area contributed by atoms with Crippen LogP contribution in [0.1, 0.15) is 5.56 Å². The number of benzene rings is 2. The summed E-state index contributed by atoms with van der Waals surface area (Å²) in [6, 6.07) is 7.87. The zero-order chi connectivity index (χ0) is 14.9. The van der Waals surface area contributed by atoms with Gasteiger partial charge >= 0.3 is 0 Å². The Bertz CT molecular complexity index is 743. The molecule has 0 heterocycles. The highest BCUT2D eigenvalue weighted by Crippen LogP contribution is 2.26. The van der Waals surface area contributed by atoms with Gasteiger partial charge in [-0.1, -0.05) is 11.6 Å². The highest BCUT2D eigenvalue weighted by molar-refractivity contribution is 7.92. The number of anilines is 2. The van der Waals surface area contributed by atoms with E-state index in [4.69, 9.17) is 17.3 Å². The van der Waals surface area contributed by atoms with Crippen LogP contribution in [0, 0.1) is 12.7 Å². The molecule has 0 aliphatic heterocycles. The first-order valence-corrected chi connectivity index (χ1v) is 7.49. The first-order valence-electron chi connectivity index (χ1n) is 5.63. The van der Waals surface area contributed by atoms with Crippen LogP contribution < -0.4 is 10.5 Å². The van der Waals surface area contributed by atoms with Gasteiger partial charge in [0.1, 0.15) is 5.82 Å². The van der Waals surface area contributed by atoms with E-state index < -0.39 is 15.8 Å². The van der Waals surface area contributed by atoms with Crippen molar-refractivity contribution in [2.24, 2.45) is 0 Å². The molecule has 7 heteroatoms. The SMILES string of the molecule is Cc1cc(N)cc(S(=O)(=O)Nc2cc(F)ccc2Cl)c1. The normalized spacial score (nSPS) is 11.3. The van der Waals surface area contributed by atoms with Crippen LogP contribution in [-0.2, 0) is 10.0 Å². The third-order valence-electron chi connectivity index (χ3n) is 2.56. The molecule has 0 spiro atoms. The molecule has 0 aliphatic rings. The first kappa shape index (κ1) is 14.6. The molecule has 0 aliphatic carbocycles. The summed E-state index contributed by atoms with van der Waals surface area (Å²) < 4.78 is 39.8. The smallest absolute Gasteiger partial charge is 0.262 e. The molecule has 0 atom stereocenters. The van der Waals surface area contributed by atoms with Crippen LogP contribution >= 0.6 is 11.6 Å². The van der Waals surface area contributed by atoms with Gasteiger partial charge in [-0.2, -0.15) is 0 Å². The van der Waals surface area contributed by atoms with E-state index in [-0.39, 0.29) is 15.6 Å². The Morgan fingerprint density at radius 1 is 1.20 bits per heavy atom. The summed E-state index contributed by atoms with van der Waals surface area (Å²) in [7, 11) is -3.88. The minimum atomic E-state index is -3.88. The predicted octanol–water partition coefficient (Wildman–Crippen LogP) is 3.17. The molecule has 0 amide bonds. The Balaban J connectivity index is 2.43. The van der Waals surface area contributed by atoms with Gasteiger partial charge in [0.25, 0.3) is 10.0 Å². The maximum absolute atomic E-state index is 13.1. The fraction of sp³-hybridized carbons (Fsp3) is 0.0769. The van der Waals surface area contributed by atoms with Gasteiger partial charge in [-0.05, 0) is 48.9 Å². The van der Waals surface area contributed by atoms with Crippen molar-refractivity contribution in [3.63, 3.8) is 0 Å². The van der Waals surface area contributed by atoms with E-state index in [0.29, 0.717) is 11.3 Å². The summed E-state index contributed by atoms with van der Waals surface area (Å²) >= 11 is 5.83. The van der Waals surface area contributed by atoms with Gasteiger partial charge in [-0.15, -0.1) is 0 Å². The van der Waals surface area contributed by atoms with Crippen LogP contribution in [0.25, 0.3) is 0 Å². The summed E-state index contributed by atoms with van der Waals surface area (Å²) in [5.41, 5.74) is 6.64. The zero-order valence-corrected chi connectivity index (χ0v) is 12.1. The van der Waals surface area contributed by atoms with Crippen LogP contribution in [0.3, 0.4) is 0 Å². The lowest BCUT2D eigenvalue weighted by Gasteiger charge is -2.11. The topological polar surface area (TPSA) is 72.2 Å². The number of hydrogen-bond donors (Lipinski definition) is 2. The molecule has 2 aromatic rings. The van der Waals surface area contributed by atoms with Crippen LogP contribution in [-0.4, -0.2) is 8.42 Å². The van der Waals surface area contributed by atoms with E-state index in [1.54, 1.807) is 13.0 Å². The van der Waals surface area contributed by atoms with Crippen molar-refractivity contribution in [3.05, 3.63) is 52.8 Å². The summed E-state index contributed by atoms with van der Waals surface area (Å²) in [6.45, 7) is 1.73. The molecule has 0 aromatic heterocycles. The molecule has 0 saturated carbocycles. The van der Waals surface area contributed by atoms with Gasteiger partial charge < -0.3 is 5.73 Å². The quantitative estimate of drug-likeness (QED) is 0.855. The van der Waals surface area contributed by atoms with Gasteiger partial charge in [0.05, 0.1) is 15.6 Å². The zero-order valence-electron chi connectivity index (χ0n) is 10.5. The van der Waals surface area contributed by atoms with Crippen molar-refractivity contribution < 1.29 is 12.8 Å². The van der Waals surface area contributed by atoms with Crippen molar-refractivity contribution >= 4 is 33.0 Å². The summed E-state index contributed by atoms with van der Waals surface area (Å²) in [5, 5.41) is 0.107. The van der Waals surface area contributed by atoms with Crippen molar-refractivity contribution in [2.75, 3.05) is 10.5 Å². The molecule has 106 valence electrons. The van der Waals surface area contributed by atoms with Gasteiger partial charge in [-0.3, -0.25) is 4.72 Å². The van der Waals surface area contributed by atoms with Gasteiger partial charge in [0.2, 0.25) is 0 Å². The second kappa shape index (κ2) is 5.30. The van der Waals surface area contributed by atoms with Crippen molar-refractivity contribution in [1.29, 1.82) is 0 Å². The second-order valence-corrected chi connectivity index (χ2v) is 6.40. The number of rotatable bonds is 3. The minimum Gasteiger partial charge on any atom is -0.399 e. The maximum Gasteiger partial charge on any atom is 0.262 e. The lowest BCUT2D eigenvalue weighted by Crippen LogP contribution is -2.14. The Morgan fingerprint density at radius 2 is 1.90 bits per heavy atom. The maximum atomic E-state index is 13.1. The Morgan fingerprint density at radius 3 is 2.55 bits per heavy atom. The van der Waals surface area contributed by atoms with Crippen molar-refractivity contribution in [1.82, 2.24) is 0 Å². The monoisotopic (exact) mass is 314 g/mol. The number of aryl methyl sites for hydroxylation is 1. The van der Waals surface area contributed by atoms with E-state index in [9.17, 15) is 12.8 Å². The molecule has 4 nitrogen and oxygen atoms in total. The molecule has 0 unspecified atom stereocenters. The third-order valence-corrected chi connectivity index (χ3v) is 4.23. The van der Waals surface area contributed by atoms with Gasteiger partial charge in [-0.25, -0.2) is 12.8 Å². The Hall–Kier alpha value is -1.79. The largest absolute Gasteiger partial charge is 0.399 e. The van der Waals surface area contributed by atoms with Crippen molar-refractivity contribution in [3.8, 4) is 0 Å². The number of nitrogens with two attached hydrogens (primary N) is 1. The van der Waals surface area contributed by atoms with E-state index in [1.165, 1.54) is 18.2 Å². The molecule has 2 rings (SSSR count). The molecule has 0 radical (unpaired) electrons. The molecule has 3 N–H and O–H groups in total. The predicted molar refractivity (Wildman–Crippen MR) is 77.8 cm³/mol. The fourth-order valence-corrected chi connectivity index (χ4v) is 3.14. The minimum absolute atomic E-state index is 0.00433. The van der Waals surface area contributed by atoms with E-state index >= 15 is 0 Å². The molecule has 0 saturated heterocycles. The van der Waals surface area contributed by atoms with Gasteiger partial charge in [0.15, 0.2) is 0 Å². The first-order chi connectivity index (χ1) is 9.28. The van der Waals surface area contributed by atoms with Crippen LogP contribution in [0.15, 0.2) is 41.3 Å². The molecule has 2 aromatic carbocycles. The molecule has 0 bridgehead atoms. The Kier molecular flexibility index (Phi) is 3.87. The van der Waals surface area contributed by atoms with Crippen molar-refractivity contribution in [2.45, 2.75) is 11.8 Å². The Labute approximate surface area is 121 Å². The molecular weight excluding hydrogens is 303 g/mol. The third kappa shape index (κ3) is 3.20. The average Bonchev–Trinajstić information content (AvgIpc) is 2.32. The van der Waals surface area contributed by atoms with E-state index in [2.05, 4.69) is 4.72 Å². The lowest BCUT2D eigenvalue weighted by molar-refractivity contribution is 0.601. The standard InChI is InChI=1S/C13H12ClFN2O2S/c1-8-4-10(16)7-11(5-8)20(18,19)17-13-6-9(15)2-3-12(13)14/h2-7,17H,16H2,1H3.